The lowest BCUT2D eigenvalue weighted by Gasteiger charge is -2.44. The van der Waals surface area contributed by atoms with Crippen LogP contribution in [0.5, 0.6) is 17.2 Å². The van der Waals surface area contributed by atoms with Crippen LogP contribution in [-0.4, -0.2) is 61.9 Å². The molecule has 0 spiro atoms. The predicted molar refractivity (Wildman–Crippen MR) is 215 cm³/mol. The lowest BCUT2D eigenvalue weighted by molar-refractivity contribution is -0.0311. The topological polar surface area (TPSA) is 99.7 Å². The van der Waals surface area contributed by atoms with E-state index in [1.807, 2.05) is 72.8 Å². The van der Waals surface area contributed by atoms with Crippen LogP contribution in [0.25, 0.3) is 0 Å². The number of para-hydroxylation sites is 1. The summed E-state index contributed by atoms with van der Waals surface area (Å²) in [6, 6.07) is 29.7. The lowest BCUT2D eigenvalue weighted by atomic mass is 9.86. The molecule has 3 aliphatic rings. The molecule has 3 fully saturated rings. The first-order chi connectivity index (χ1) is 27.3. The predicted octanol–water partition coefficient (Wildman–Crippen LogP) is 9.36. The second-order valence-corrected chi connectivity index (χ2v) is 14.7. The minimum atomic E-state index is -0.755. The number of benzene rings is 4. The summed E-state index contributed by atoms with van der Waals surface area (Å²) in [6.45, 7) is 3.53. The Morgan fingerprint density at radius 3 is 2.25 bits per heavy atom. The van der Waals surface area contributed by atoms with Gasteiger partial charge in [0.15, 0.2) is 11.5 Å². The van der Waals surface area contributed by atoms with Gasteiger partial charge in [-0.2, -0.15) is 0 Å². The molecule has 4 heterocycles. The number of methoxy groups -OCH3 is 2. The zero-order valence-electron chi connectivity index (χ0n) is 31.2. The van der Waals surface area contributed by atoms with Crippen molar-refractivity contribution in [3.05, 3.63) is 147 Å². The Morgan fingerprint density at radius 1 is 0.839 bits per heavy atom. The number of halogens is 2. The molecule has 290 valence electrons. The molecule has 2 bridgehead atoms. The highest BCUT2D eigenvalue weighted by Crippen LogP contribution is 2.36. The van der Waals surface area contributed by atoms with E-state index >= 15 is 0 Å². The summed E-state index contributed by atoms with van der Waals surface area (Å²) in [5.41, 5.74) is 4.15. The van der Waals surface area contributed by atoms with Crippen molar-refractivity contribution in [2.45, 2.75) is 44.6 Å². The van der Waals surface area contributed by atoms with E-state index < -0.39 is 12.1 Å². The van der Waals surface area contributed by atoms with Crippen molar-refractivity contribution in [1.29, 1.82) is 0 Å². The first kappa shape index (κ1) is 39.0. The Hall–Kier alpha value is -5.29. The normalized spacial score (nSPS) is 17.8. The summed E-state index contributed by atoms with van der Waals surface area (Å²) in [4.78, 5) is 35.3. The monoisotopic (exact) mass is 795 g/mol. The number of ether oxygens (including phenoxy) is 5. The van der Waals surface area contributed by atoms with Gasteiger partial charge >= 0.3 is 12.1 Å². The fourth-order valence-electron chi connectivity index (χ4n) is 7.22. The van der Waals surface area contributed by atoms with Gasteiger partial charge in [0.25, 0.3) is 0 Å². The quantitative estimate of drug-likeness (QED) is 0.102. The number of carbonyl (C=O) groups excluding carboxylic acids is 2. The molecule has 0 unspecified atom stereocenters. The molecular formula is C44H43Cl2N3O7. The van der Waals surface area contributed by atoms with E-state index in [0.717, 1.165) is 49.3 Å². The third-order valence-electron chi connectivity index (χ3n) is 10.3. The minimum Gasteiger partial charge on any atom is -0.493 e. The van der Waals surface area contributed by atoms with Crippen LogP contribution in [0.3, 0.4) is 0 Å². The van der Waals surface area contributed by atoms with Crippen LogP contribution >= 0.6 is 23.2 Å². The number of anilines is 1. The van der Waals surface area contributed by atoms with Gasteiger partial charge in [0.2, 0.25) is 0 Å². The zero-order chi connectivity index (χ0) is 39.0. The van der Waals surface area contributed by atoms with Crippen molar-refractivity contribution in [3.63, 3.8) is 0 Å². The SMILES string of the molecule is COc1ccc([C@H](Cc2c(Cl)cncc2Cl)OC(=O)c2ccc(COc3cccc(CN(C(=O)O[C@H]4CN5CCC4CC5)c4ccccc4)c3)cc2)cc1OC. The van der Waals surface area contributed by atoms with Crippen molar-refractivity contribution in [2.75, 3.05) is 38.8 Å². The van der Waals surface area contributed by atoms with E-state index in [0.29, 0.717) is 56.4 Å². The first-order valence-electron chi connectivity index (χ1n) is 18.5. The average Bonchev–Trinajstić information content (AvgIpc) is 3.23. The summed E-state index contributed by atoms with van der Waals surface area (Å²) in [6.07, 6.45) is 4.14. The molecule has 5 aromatic rings. The van der Waals surface area contributed by atoms with Gasteiger partial charge in [0.1, 0.15) is 24.6 Å². The number of amides is 1. The second-order valence-electron chi connectivity index (χ2n) is 13.9. The molecular weight excluding hydrogens is 753 g/mol. The molecule has 10 nitrogen and oxygen atoms in total. The lowest BCUT2D eigenvalue weighted by Crippen LogP contribution is -2.53. The van der Waals surface area contributed by atoms with Gasteiger partial charge in [-0.25, -0.2) is 9.59 Å². The molecule has 0 radical (unpaired) electrons. The first-order valence-corrected chi connectivity index (χ1v) is 19.3. The number of hydrogen-bond acceptors (Lipinski definition) is 9. The maximum absolute atomic E-state index is 13.7. The smallest absolute Gasteiger partial charge is 0.414 e. The van der Waals surface area contributed by atoms with Crippen LogP contribution in [0, 0.1) is 5.92 Å². The van der Waals surface area contributed by atoms with Crippen LogP contribution < -0.4 is 19.1 Å². The average molecular weight is 797 g/mol. The van der Waals surface area contributed by atoms with Gasteiger partial charge < -0.3 is 23.7 Å². The van der Waals surface area contributed by atoms with E-state index in [4.69, 9.17) is 46.9 Å². The largest absolute Gasteiger partial charge is 0.493 e. The third kappa shape index (κ3) is 9.38. The molecule has 8 rings (SSSR count). The molecule has 56 heavy (non-hydrogen) atoms. The summed E-state index contributed by atoms with van der Waals surface area (Å²) in [5, 5.41) is 0.731. The molecule has 0 aliphatic carbocycles. The van der Waals surface area contributed by atoms with Crippen LogP contribution in [0.2, 0.25) is 10.0 Å². The highest BCUT2D eigenvalue weighted by molar-refractivity contribution is 6.35. The Labute approximate surface area is 336 Å². The van der Waals surface area contributed by atoms with Crippen LogP contribution in [0.15, 0.2) is 109 Å². The summed E-state index contributed by atoms with van der Waals surface area (Å²) in [7, 11) is 3.09. The molecule has 1 amide bonds. The number of rotatable bonds is 14. The summed E-state index contributed by atoms with van der Waals surface area (Å²) in [5.74, 6) is 1.57. The molecule has 1 aromatic heterocycles. The van der Waals surface area contributed by atoms with E-state index in [2.05, 4.69) is 9.88 Å². The Kier molecular flexibility index (Phi) is 12.6. The number of carbonyl (C=O) groups is 2. The fraction of sp³-hybridized carbons (Fsp3) is 0.295. The second kappa shape index (κ2) is 18.1. The standard InChI is InChI=1S/C44H43Cl2N3O7/c1-52-39-16-15-33(22-41(39)53-2)40(23-36-37(45)24-47-25-38(36)46)55-43(50)32-13-11-29(12-14-32)28-54-35-10-6-7-30(21-35)26-49(34-8-4-3-5-9-34)44(51)56-42-27-48-19-17-31(42)18-20-48/h3-16,21-22,24-25,31,40,42H,17-20,23,26-28H2,1-2H3/t40-,42-/m0/s1. The molecule has 2 atom stereocenters. The van der Waals surface area contributed by atoms with E-state index in [1.54, 1.807) is 43.4 Å². The molecule has 4 aromatic carbocycles. The number of piperidine rings is 3. The van der Waals surface area contributed by atoms with E-state index in [-0.39, 0.29) is 25.2 Å². The van der Waals surface area contributed by atoms with Crippen molar-refractivity contribution in [3.8, 4) is 17.2 Å². The van der Waals surface area contributed by atoms with Gasteiger partial charge in [0, 0.05) is 31.0 Å². The van der Waals surface area contributed by atoms with E-state index in [9.17, 15) is 9.59 Å². The minimum absolute atomic E-state index is 0.0941. The van der Waals surface area contributed by atoms with Gasteiger partial charge in [-0.1, -0.05) is 71.7 Å². The number of hydrogen-bond donors (Lipinski definition) is 0. The van der Waals surface area contributed by atoms with Crippen molar-refractivity contribution < 1.29 is 33.3 Å². The number of pyridine rings is 1. The van der Waals surface area contributed by atoms with Crippen LogP contribution in [-0.2, 0) is 29.0 Å². The Balaban J connectivity index is 1.00. The molecule has 3 aliphatic heterocycles. The third-order valence-corrected chi connectivity index (χ3v) is 11.0. The Bertz CT molecular complexity index is 2110. The Morgan fingerprint density at radius 2 is 1.57 bits per heavy atom. The zero-order valence-corrected chi connectivity index (χ0v) is 32.7. The highest BCUT2D eigenvalue weighted by Gasteiger charge is 2.37. The van der Waals surface area contributed by atoms with Crippen molar-refractivity contribution in [1.82, 2.24) is 9.88 Å². The number of nitrogens with zero attached hydrogens (tertiary/aromatic N) is 3. The molecule has 0 N–H and O–H groups in total. The van der Waals surface area contributed by atoms with Gasteiger partial charge in [-0.15, -0.1) is 0 Å². The van der Waals surface area contributed by atoms with Crippen molar-refractivity contribution in [2.24, 2.45) is 5.92 Å². The summed E-state index contributed by atoms with van der Waals surface area (Å²) < 4.78 is 29.3. The van der Waals surface area contributed by atoms with Crippen molar-refractivity contribution >= 4 is 41.0 Å². The number of esters is 1. The van der Waals surface area contributed by atoms with Gasteiger partial charge in [-0.05, 0) is 103 Å². The van der Waals surface area contributed by atoms with Gasteiger partial charge in [-0.3, -0.25) is 14.8 Å². The van der Waals surface area contributed by atoms with Crippen LogP contribution in [0.4, 0.5) is 10.5 Å². The number of aromatic nitrogens is 1. The highest BCUT2D eigenvalue weighted by atomic mass is 35.5. The van der Waals surface area contributed by atoms with Crippen LogP contribution in [0.1, 0.15) is 51.6 Å². The fourth-order valence-corrected chi connectivity index (χ4v) is 7.74. The number of fused-ring (bicyclic) bond motifs is 3. The maximum atomic E-state index is 13.7. The molecule has 3 saturated heterocycles. The van der Waals surface area contributed by atoms with Gasteiger partial charge in [0.05, 0.1) is 36.4 Å². The van der Waals surface area contributed by atoms with E-state index in [1.165, 1.54) is 12.4 Å². The molecule has 12 heteroatoms. The molecule has 0 saturated carbocycles. The summed E-state index contributed by atoms with van der Waals surface area (Å²) >= 11 is 12.9. The maximum Gasteiger partial charge on any atom is 0.414 e.